The van der Waals surface area contributed by atoms with Crippen LogP contribution in [0.3, 0.4) is 0 Å². The molecule has 0 aliphatic rings. The van der Waals surface area contributed by atoms with Gasteiger partial charge in [0.15, 0.2) is 11.6 Å². The van der Waals surface area contributed by atoms with Gasteiger partial charge in [0.1, 0.15) is 6.04 Å². The van der Waals surface area contributed by atoms with Crippen molar-refractivity contribution in [3.63, 3.8) is 0 Å². The number of anilines is 1. The van der Waals surface area contributed by atoms with Crippen molar-refractivity contribution in [1.29, 1.82) is 0 Å². The number of rotatable bonds is 3. The van der Waals surface area contributed by atoms with Crippen molar-refractivity contribution in [2.45, 2.75) is 12.5 Å². The summed E-state index contributed by atoms with van der Waals surface area (Å²) in [5, 5.41) is 8.51. The summed E-state index contributed by atoms with van der Waals surface area (Å²) in [6.45, 7) is 0. The van der Waals surface area contributed by atoms with Crippen molar-refractivity contribution in [1.82, 2.24) is 0 Å². The van der Waals surface area contributed by atoms with Crippen LogP contribution in [0.2, 0.25) is 0 Å². The average Bonchev–Trinajstić information content (AvgIpc) is 2.13. The van der Waals surface area contributed by atoms with E-state index in [1.165, 1.54) is 6.07 Å². The zero-order valence-electron chi connectivity index (χ0n) is 7.71. The number of nitrogen functional groups attached to an aromatic ring is 1. The lowest BCUT2D eigenvalue weighted by molar-refractivity contribution is -0.138. The van der Waals surface area contributed by atoms with Gasteiger partial charge in [-0.25, -0.2) is 8.78 Å². The summed E-state index contributed by atoms with van der Waals surface area (Å²) in [5.41, 5.74) is 10.3. The fraction of sp³-hybridized carbons (Fsp3) is 0.222. The first-order valence-electron chi connectivity index (χ1n) is 4.13. The van der Waals surface area contributed by atoms with E-state index in [4.69, 9.17) is 16.6 Å². The summed E-state index contributed by atoms with van der Waals surface area (Å²) in [6, 6.07) is 0.893. The van der Waals surface area contributed by atoms with Crippen LogP contribution >= 0.6 is 0 Å². The van der Waals surface area contributed by atoms with Crippen molar-refractivity contribution >= 4 is 11.7 Å². The molecule has 1 unspecified atom stereocenters. The van der Waals surface area contributed by atoms with Gasteiger partial charge in [-0.15, -0.1) is 0 Å². The zero-order chi connectivity index (χ0) is 11.6. The number of carbonyl (C=O) groups is 1. The molecule has 0 aliphatic heterocycles. The van der Waals surface area contributed by atoms with Gasteiger partial charge in [0.05, 0.1) is 5.69 Å². The Bertz CT molecular complexity index is 373. The maximum absolute atomic E-state index is 12.8. The normalized spacial score (nSPS) is 12.5. The molecule has 1 atom stereocenters. The molecule has 1 aromatic rings. The molecule has 0 spiro atoms. The van der Waals surface area contributed by atoms with E-state index >= 15 is 0 Å². The first kappa shape index (κ1) is 11.4. The Morgan fingerprint density at radius 3 is 2.53 bits per heavy atom. The maximum atomic E-state index is 12.8. The van der Waals surface area contributed by atoms with Gasteiger partial charge in [-0.2, -0.15) is 0 Å². The van der Waals surface area contributed by atoms with E-state index in [1.54, 1.807) is 0 Å². The highest BCUT2D eigenvalue weighted by atomic mass is 19.2. The van der Waals surface area contributed by atoms with Crippen molar-refractivity contribution in [2.24, 2.45) is 5.73 Å². The maximum Gasteiger partial charge on any atom is 0.320 e. The van der Waals surface area contributed by atoms with Crippen molar-refractivity contribution in [3.05, 3.63) is 29.3 Å². The van der Waals surface area contributed by atoms with Gasteiger partial charge in [-0.05, 0) is 24.1 Å². The molecule has 1 rings (SSSR count). The van der Waals surface area contributed by atoms with Crippen molar-refractivity contribution < 1.29 is 18.7 Å². The Morgan fingerprint density at radius 1 is 1.47 bits per heavy atom. The summed E-state index contributed by atoms with van der Waals surface area (Å²) in [6.07, 6.45) is -0.100. The number of nitrogens with two attached hydrogens (primary N) is 2. The minimum Gasteiger partial charge on any atom is -0.480 e. The van der Waals surface area contributed by atoms with Gasteiger partial charge in [0.2, 0.25) is 0 Å². The van der Waals surface area contributed by atoms with E-state index in [0.717, 1.165) is 6.07 Å². The Labute approximate surface area is 84.5 Å². The summed E-state index contributed by atoms with van der Waals surface area (Å²) in [7, 11) is 0. The third kappa shape index (κ3) is 2.63. The van der Waals surface area contributed by atoms with Gasteiger partial charge in [0, 0.05) is 0 Å². The number of aliphatic carboxylic acids is 1. The molecule has 6 heteroatoms. The predicted molar refractivity (Wildman–Crippen MR) is 50.1 cm³/mol. The summed E-state index contributed by atoms with van der Waals surface area (Å²) in [4.78, 5) is 10.4. The van der Waals surface area contributed by atoms with E-state index in [0.29, 0.717) is 0 Å². The lowest BCUT2D eigenvalue weighted by atomic mass is 10.1. The van der Waals surface area contributed by atoms with Gasteiger partial charge in [0.25, 0.3) is 0 Å². The second-order valence-corrected chi connectivity index (χ2v) is 3.13. The minimum atomic E-state index is -1.21. The fourth-order valence-electron chi connectivity index (χ4n) is 1.13. The molecular weight excluding hydrogens is 206 g/mol. The van der Waals surface area contributed by atoms with E-state index in [2.05, 4.69) is 0 Å². The number of hydrogen-bond acceptors (Lipinski definition) is 3. The first-order valence-corrected chi connectivity index (χ1v) is 4.13. The standard InChI is InChI=1S/C9H10F2N2O2/c10-5-1-4(2-6(12)8(5)11)3-7(13)9(14)15/h1-2,7H,3,12-13H2,(H,14,15). The third-order valence-corrected chi connectivity index (χ3v) is 1.89. The molecule has 0 fully saturated rings. The Hall–Kier alpha value is -1.69. The van der Waals surface area contributed by atoms with Gasteiger partial charge >= 0.3 is 5.97 Å². The van der Waals surface area contributed by atoms with Gasteiger partial charge < -0.3 is 16.6 Å². The SMILES string of the molecule is Nc1cc(CC(N)C(=O)O)cc(F)c1F. The van der Waals surface area contributed by atoms with Crippen LogP contribution in [0.15, 0.2) is 12.1 Å². The largest absolute Gasteiger partial charge is 0.480 e. The first-order chi connectivity index (χ1) is 6.91. The van der Waals surface area contributed by atoms with E-state index in [1.807, 2.05) is 0 Å². The van der Waals surface area contributed by atoms with Gasteiger partial charge in [-0.3, -0.25) is 4.79 Å². The second kappa shape index (κ2) is 4.22. The second-order valence-electron chi connectivity index (χ2n) is 3.13. The fourth-order valence-corrected chi connectivity index (χ4v) is 1.13. The van der Waals surface area contributed by atoms with Crippen LogP contribution in [0.4, 0.5) is 14.5 Å². The van der Waals surface area contributed by atoms with E-state index in [-0.39, 0.29) is 17.7 Å². The number of halogens is 2. The van der Waals surface area contributed by atoms with Gasteiger partial charge in [-0.1, -0.05) is 0 Å². The molecule has 0 bridgehead atoms. The quantitative estimate of drug-likeness (QED) is 0.642. The molecule has 0 aliphatic carbocycles. The predicted octanol–water partition coefficient (Wildman–Crippen LogP) is 0.501. The topological polar surface area (TPSA) is 89.3 Å². The summed E-state index contributed by atoms with van der Waals surface area (Å²) < 4.78 is 25.6. The van der Waals surface area contributed by atoms with Crippen LogP contribution < -0.4 is 11.5 Å². The molecule has 0 saturated carbocycles. The average molecular weight is 216 g/mol. The minimum absolute atomic E-state index is 0.100. The molecule has 82 valence electrons. The van der Waals surface area contributed by atoms with Crippen LogP contribution in [0.5, 0.6) is 0 Å². The monoisotopic (exact) mass is 216 g/mol. The molecule has 0 radical (unpaired) electrons. The number of carboxylic acids is 1. The Kier molecular flexibility index (Phi) is 3.21. The summed E-state index contributed by atoms with van der Waals surface area (Å²) in [5.74, 6) is -3.46. The Balaban J connectivity index is 2.92. The molecule has 0 aromatic heterocycles. The lowest BCUT2D eigenvalue weighted by Crippen LogP contribution is -2.32. The third-order valence-electron chi connectivity index (χ3n) is 1.89. The highest BCUT2D eigenvalue weighted by molar-refractivity contribution is 5.73. The number of carboxylic acid groups (broad SMARTS) is 1. The zero-order valence-corrected chi connectivity index (χ0v) is 7.71. The molecule has 0 amide bonds. The molecule has 15 heavy (non-hydrogen) atoms. The molecule has 1 aromatic carbocycles. The van der Waals surface area contributed by atoms with Crippen LogP contribution in [0.1, 0.15) is 5.56 Å². The molecule has 4 nitrogen and oxygen atoms in total. The van der Waals surface area contributed by atoms with Crippen LogP contribution in [0.25, 0.3) is 0 Å². The van der Waals surface area contributed by atoms with Crippen molar-refractivity contribution in [3.8, 4) is 0 Å². The smallest absolute Gasteiger partial charge is 0.320 e. The molecule has 5 N–H and O–H groups in total. The van der Waals surface area contributed by atoms with E-state index < -0.39 is 23.6 Å². The van der Waals surface area contributed by atoms with Crippen LogP contribution in [-0.2, 0) is 11.2 Å². The van der Waals surface area contributed by atoms with Crippen molar-refractivity contribution in [2.75, 3.05) is 5.73 Å². The lowest BCUT2D eigenvalue weighted by Gasteiger charge is -2.08. The number of benzene rings is 1. The molecule has 0 saturated heterocycles. The van der Waals surface area contributed by atoms with Crippen LogP contribution in [-0.4, -0.2) is 17.1 Å². The van der Waals surface area contributed by atoms with Crippen LogP contribution in [0, 0.1) is 11.6 Å². The Morgan fingerprint density at radius 2 is 2.07 bits per heavy atom. The highest BCUT2D eigenvalue weighted by Crippen LogP contribution is 2.17. The number of hydrogen-bond donors (Lipinski definition) is 3. The molecular formula is C9H10F2N2O2. The molecule has 0 heterocycles. The van der Waals surface area contributed by atoms with E-state index in [9.17, 15) is 13.6 Å². The highest BCUT2D eigenvalue weighted by Gasteiger charge is 2.15. The summed E-state index contributed by atoms with van der Waals surface area (Å²) >= 11 is 0.